The van der Waals surface area contributed by atoms with Crippen molar-refractivity contribution in [3.63, 3.8) is 0 Å². The Morgan fingerprint density at radius 2 is 1.79 bits per heavy atom. The number of rotatable bonds is 4. The summed E-state index contributed by atoms with van der Waals surface area (Å²) in [5.74, 6) is -0.894. The molecular formula is C32H33N3O3. The lowest BCUT2D eigenvalue weighted by Gasteiger charge is -2.48. The maximum absolute atomic E-state index is 13.8. The monoisotopic (exact) mass is 507 g/mol. The van der Waals surface area contributed by atoms with Gasteiger partial charge >= 0.3 is 0 Å². The first-order chi connectivity index (χ1) is 18.3. The fraction of sp³-hybridized carbons (Fsp3) is 0.312. The number of aromatic nitrogens is 1. The third kappa shape index (κ3) is 3.91. The highest BCUT2D eigenvalue weighted by Crippen LogP contribution is 2.44. The molecule has 0 unspecified atom stereocenters. The maximum atomic E-state index is 13.8. The SMILES string of the molecule is Cc1ccc(C(=O)N(C)[C@H]2C[C@H]3c4[nH]c5c(-c6ccccc6)cccc5c4CCN3C(=O)[C@H]2[C@H](C)O)cc1. The molecule has 2 aliphatic heterocycles. The maximum Gasteiger partial charge on any atom is 0.253 e. The molecule has 4 aromatic rings. The van der Waals surface area contributed by atoms with Crippen molar-refractivity contribution < 1.29 is 14.7 Å². The molecular weight excluding hydrogens is 474 g/mol. The number of amides is 2. The second-order valence-electron chi connectivity index (χ2n) is 10.8. The highest BCUT2D eigenvalue weighted by molar-refractivity contribution is 5.98. The fourth-order valence-electron chi connectivity index (χ4n) is 6.47. The van der Waals surface area contributed by atoms with Crippen molar-refractivity contribution >= 4 is 22.7 Å². The Kier molecular flexibility index (Phi) is 6.07. The molecule has 0 bridgehead atoms. The van der Waals surface area contributed by atoms with E-state index in [1.54, 1.807) is 18.9 Å². The van der Waals surface area contributed by atoms with E-state index in [2.05, 4.69) is 35.3 Å². The summed E-state index contributed by atoms with van der Waals surface area (Å²) < 4.78 is 0. The van der Waals surface area contributed by atoms with Crippen LogP contribution >= 0.6 is 0 Å². The predicted octanol–water partition coefficient (Wildman–Crippen LogP) is 5.11. The number of aliphatic hydroxyl groups is 1. The number of hydrogen-bond acceptors (Lipinski definition) is 3. The van der Waals surface area contributed by atoms with Gasteiger partial charge in [0, 0.05) is 41.8 Å². The van der Waals surface area contributed by atoms with Crippen LogP contribution in [0.4, 0.5) is 0 Å². The molecule has 2 aliphatic rings. The first kappa shape index (κ1) is 24.4. The summed E-state index contributed by atoms with van der Waals surface area (Å²) in [4.78, 5) is 34.6. The third-order valence-corrected chi connectivity index (χ3v) is 8.45. The number of fused-ring (bicyclic) bond motifs is 5. The molecule has 1 saturated heterocycles. The van der Waals surface area contributed by atoms with Crippen molar-refractivity contribution in [2.75, 3.05) is 13.6 Å². The van der Waals surface area contributed by atoms with Crippen LogP contribution in [0.1, 0.15) is 46.6 Å². The molecule has 38 heavy (non-hydrogen) atoms. The van der Waals surface area contributed by atoms with Crippen molar-refractivity contribution in [3.8, 4) is 11.1 Å². The van der Waals surface area contributed by atoms with E-state index in [0.717, 1.165) is 34.3 Å². The van der Waals surface area contributed by atoms with Gasteiger partial charge in [-0.05, 0) is 49.9 Å². The Morgan fingerprint density at radius 1 is 1.05 bits per heavy atom. The predicted molar refractivity (Wildman–Crippen MR) is 149 cm³/mol. The lowest BCUT2D eigenvalue weighted by Crippen LogP contribution is -2.59. The molecule has 2 amide bonds. The third-order valence-electron chi connectivity index (χ3n) is 8.45. The summed E-state index contributed by atoms with van der Waals surface area (Å²) in [7, 11) is 1.76. The van der Waals surface area contributed by atoms with Crippen LogP contribution in [-0.4, -0.2) is 57.4 Å². The highest BCUT2D eigenvalue weighted by atomic mass is 16.3. The zero-order valence-electron chi connectivity index (χ0n) is 22.0. The van der Waals surface area contributed by atoms with E-state index in [-0.39, 0.29) is 17.9 Å². The van der Waals surface area contributed by atoms with E-state index in [4.69, 9.17) is 0 Å². The standard InChI is InChI=1S/C32H33N3O3/c1-19-12-14-22(15-13-19)31(37)34(3)26-18-27-30-25(16-17-35(27)32(38)28(26)20(2)36)24-11-7-10-23(29(24)33-30)21-8-5-4-6-9-21/h4-15,20,26-28,33,36H,16-18H2,1-3H3/t20-,26-,27-,28-/m0/s1. The number of hydrogen-bond donors (Lipinski definition) is 2. The van der Waals surface area contributed by atoms with Gasteiger partial charge in [0.2, 0.25) is 5.91 Å². The van der Waals surface area contributed by atoms with E-state index in [1.165, 1.54) is 10.9 Å². The minimum absolute atomic E-state index is 0.0857. The van der Waals surface area contributed by atoms with Gasteiger partial charge in [0.05, 0.1) is 23.6 Å². The largest absolute Gasteiger partial charge is 0.393 e. The number of aromatic amines is 1. The number of piperidine rings is 1. The van der Waals surface area contributed by atoms with Crippen molar-refractivity contribution in [3.05, 3.63) is 95.2 Å². The van der Waals surface area contributed by atoms with Crippen LogP contribution in [0, 0.1) is 12.8 Å². The average Bonchev–Trinajstić information content (AvgIpc) is 3.32. The average molecular weight is 508 g/mol. The number of carbonyl (C=O) groups is 2. The Bertz CT molecular complexity index is 1510. The van der Waals surface area contributed by atoms with E-state index in [0.29, 0.717) is 18.5 Å². The second-order valence-corrected chi connectivity index (χ2v) is 10.8. The van der Waals surface area contributed by atoms with E-state index in [9.17, 15) is 14.7 Å². The van der Waals surface area contributed by atoms with Crippen LogP contribution in [0.15, 0.2) is 72.8 Å². The minimum Gasteiger partial charge on any atom is -0.393 e. The topological polar surface area (TPSA) is 76.6 Å². The molecule has 6 nitrogen and oxygen atoms in total. The van der Waals surface area contributed by atoms with E-state index < -0.39 is 18.1 Å². The van der Waals surface area contributed by atoms with Crippen molar-refractivity contribution in [2.24, 2.45) is 5.92 Å². The lowest BCUT2D eigenvalue weighted by molar-refractivity contribution is -0.151. The van der Waals surface area contributed by atoms with Crippen LogP contribution in [0.2, 0.25) is 0 Å². The fourth-order valence-corrected chi connectivity index (χ4v) is 6.47. The van der Waals surface area contributed by atoms with Crippen molar-refractivity contribution in [1.29, 1.82) is 0 Å². The lowest BCUT2D eigenvalue weighted by atomic mass is 9.79. The van der Waals surface area contributed by atoms with E-state index >= 15 is 0 Å². The summed E-state index contributed by atoms with van der Waals surface area (Å²) in [6.07, 6.45) is 0.455. The molecule has 3 aromatic carbocycles. The summed E-state index contributed by atoms with van der Waals surface area (Å²) in [6, 6.07) is 23.6. The number of aryl methyl sites for hydroxylation is 1. The summed E-state index contributed by atoms with van der Waals surface area (Å²) in [5, 5.41) is 11.9. The molecule has 194 valence electrons. The van der Waals surface area contributed by atoms with Gasteiger partial charge in [0.25, 0.3) is 5.91 Å². The number of benzene rings is 3. The minimum atomic E-state index is -0.865. The van der Waals surface area contributed by atoms with Crippen LogP contribution in [-0.2, 0) is 11.2 Å². The van der Waals surface area contributed by atoms with Gasteiger partial charge < -0.3 is 19.9 Å². The molecule has 2 N–H and O–H groups in total. The molecule has 0 aliphatic carbocycles. The molecule has 4 atom stereocenters. The van der Waals surface area contributed by atoms with Gasteiger partial charge in [0.15, 0.2) is 0 Å². The van der Waals surface area contributed by atoms with Gasteiger partial charge in [-0.2, -0.15) is 0 Å². The molecule has 1 fully saturated rings. The zero-order valence-corrected chi connectivity index (χ0v) is 22.0. The molecule has 0 radical (unpaired) electrons. The van der Waals surface area contributed by atoms with Crippen LogP contribution in [0.3, 0.4) is 0 Å². The molecule has 0 spiro atoms. The number of carbonyl (C=O) groups excluding carboxylic acids is 2. The number of nitrogens with one attached hydrogen (secondary N) is 1. The van der Waals surface area contributed by atoms with Gasteiger partial charge in [0.1, 0.15) is 0 Å². The molecule has 1 aromatic heterocycles. The molecule has 3 heterocycles. The van der Waals surface area contributed by atoms with Gasteiger partial charge in [-0.15, -0.1) is 0 Å². The summed E-state index contributed by atoms with van der Waals surface area (Å²) in [6.45, 7) is 4.25. The second kappa shape index (κ2) is 9.44. The van der Waals surface area contributed by atoms with Gasteiger partial charge in [-0.3, -0.25) is 9.59 Å². The number of aliphatic hydroxyl groups excluding tert-OH is 1. The Morgan fingerprint density at radius 3 is 2.50 bits per heavy atom. The summed E-state index contributed by atoms with van der Waals surface area (Å²) >= 11 is 0. The van der Waals surface area contributed by atoms with Gasteiger partial charge in [-0.1, -0.05) is 66.2 Å². The number of nitrogens with zero attached hydrogens (tertiary/aromatic N) is 2. The van der Waals surface area contributed by atoms with Crippen LogP contribution in [0.25, 0.3) is 22.0 Å². The van der Waals surface area contributed by atoms with Gasteiger partial charge in [-0.25, -0.2) is 0 Å². The van der Waals surface area contributed by atoms with Crippen LogP contribution < -0.4 is 0 Å². The Labute approximate surface area is 222 Å². The van der Waals surface area contributed by atoms with Crippen molar-refractivity contribution in [1.82, 2.24) is 14.8 Å². The highest BCUT2D eigenvalue weighted by Gasteiger charge is 2.49. The molecule has 6 rings (SSSR count). The molecule has 6 heteroatoms. The Hall–Kier alpha value is -3.90. The summed E-state index contributed by atoms with van der Waals surface area (Å²) in [5.41, 5.74) is 7.32. The van der Waals surface area contributed by atoms with E-state index in [1.807, 2.05) is 54.3 Å². The molecule has 0 saturated carbocycles. The number of H-pyrrole nitrogens is 1. The Balaban J connectivity index is 1.41. The quantitative estimate of drug-likeness (QED) is 0.403. The first-order valence-electron chi connectivity index (χ1n) is 13.4. The van der Waals surface area contributed by atoms with Crippen LogP contribution in [0.5, 0.6) is 0 Å². The zero-order chi connectivity index (χ0) is 26.6. The smallest absolute Gasteiger partial charge is 0.253 e. The first-order valence-corrected chi connectivity index (χ1v) is 13.4. The van der Waals surface area contributed by atoms with Crippen molar-refractivity contribution in [2.45, 2.75) is 44.9 Å². The number of para-hydroxylation sites is 1. The normalized spacial score (nSPS) is 21.6.